The minimum absolute atomic E-state index is 0.129. The Bertz CT molecular complexity index is 1800. The molecule has 12 heteroatoms. The summed E-state index contributed by atoms with van der Waals surface area (Å²) in [5.74, 6) is -1.19. The summed E-state index contributed by atoms with van der Waals surface area (Å²) in [4.78, 5) is 56.9. The van der Waals surface area contributed by atoms with Crippen molar-refractivity contribution in [3.8, 4) is 0 Å². The predicted octanol–water partition coefficient (Wildman–Crippen LogP) is 8.82. The van der Waals surface area contributed by atoms with E-state index in [9.17, 15) is 19.2 Å². The molecule has 1 heterocycles. The molecule has 0 saturated carbocycles. The van der Waals surface area contributed by atoms with Crippen molar-refractivity contribution in [2.75, 3.05) is 13.1 Å². The third-order valence-electron chi connectivity index (χ3n) is 11.5. The zero-order valence-electron chi connectivity index (χ0n) is 37.6. The molecule has 4 atom stereocenters. The maximum Gasteiger partial charge on any atom is 0.407 e. The highest BCUT2D eigenvalue weighted by Gasteiger charge is 2.43. The molecule has 4 unspecified atom stereocenters. The summed E-state index contributed by atoms with van der Waals surface area (Å²) in [5, 5.41) is 9.14. The Morgan fingerprint density at radius 3 is 1.75 bits per heavy atom. The van der Waals surface area contributed by atoms with Crippen molar-refractivity contribution in [2.45, 2.75) is 142 Å². The van der Waals surface area contributed by atoms with E-state index in [-0.39, 0.29) is 41.8 Å². The van der Waals surface area contributed by atoms with Crippen LogP contribution in [0.4, 0.5) is 9.59 Å². The van der Waals surface area contributed by atoms with Crippen LogP contribution in [0.1, 0.15) is 91.3 Å². The van der Waals surface area contributed by atoms with Gasteiger partial charge in [-0.3, -0.25) is 9.59 Å². The number of carbonyl (C=O) groups is 4. The largest absolute Gasteiger partial charge is 0.445 e. The Labute approximate surface area is 359 Å². The SMILES string of the molecule is CC(C)C(NC(=O)C(Cc1ccccc1)CC(O[Si](C)(C)C(C)(C)C)C(Cc1ccccc1)NC(=O)OC(C)(C)C)C(=O)N1CCC(NC(=O)OCc2ccccc2)CC1. The average Bonchev–Trinajstić information content (AvgIpc) is 3.18. The minimum Gasteiger partial charge on any atom is -0.445 e. The van der Waals surface area contributed by atoms with Crippen LogP contribution < -0.4 is 16.0 Å². The van der Waals surface area contributed by atoms with Gasteiger partial charge in [-0.1, -0.05) is 126 Å². The highest BCUT2D eigenvalue weighted by atomic mass is 28.4. The van der Waals surface area contributed by atoms with Gasteiger partial charge in [0.1, 0.15) is 18.2 Å². The van der Waals surface area contributed by atoms with E-state index in [1.54, 1.807) is 4.90 Å². The van der Waals surface area contributed by atoms with Crippen LogP contribution in [-0.4, -0.2) is 80.1 Å². The van der Waals surface area contributed by atoms with E-state index in [1.807, 2.05) is 126 Å². The number of nitrogens with one attached hydrogen (secondary N) is 3. The lowest BCUT2D eigenvalue weighted by Crippen LogP contribution is -2.57. The average molecular weight is 843 g/mol. The molecule has 0 bridgehead atoms. The van der Waals surface area contributed by atoms with Gasteiger partial charge in [-0.15, -0.1) is 0 Å². The topological polar surface area (TPSA) is 135 Å². The number of likely N-dealkylation sites (tertiary alicyclic amines) is 1. The maximum atomic E-state index is 14.8. The van der Waals surface area contributed by atoms with Gasteiger partial charge in [-0.2, -0.15) is 0 Å². The number of amides is 4. The standard InChI is InChI=1S/C48H70N4O7Si/c1-34(2)42(44(54)52-28-26-39(27-29-52)49-45(55)57-33-37-24-18-13-19-25-37)51-43(53)38(30-35-20-14-11-15-21-35)32-41(59-60(9,10)48(6,7)8)40(31-36-22-16-12-17-23-36)50-46(56)58-47(3,4)5/h11-25,34,38-42H,26-33H2,1-10H3,(H,49,55)(H,50,56)(H,51,53). The summed E-state index contributed by atoms with van der Waals surface area (Å²) < 4.78 is 18.4. The second kappa shape index (κ2) is 21.7. The first-order chi connectivity index (χ1) is 28.2. The lowest BCUT2D eigenvalue weighted by molar-refractivity contribution is -0.139. The van der Waals surface area contributed by atoms with E-state index in [1.165, 1.54) is 0 Å². The van der Waals surface area contributed by atoms with Crippen molar-refractivity contribution in [1.82, 2.24) is 20.9 Å². The molecule has 60 heavy (non-hydrogen) atoms. The van der Waals surface area contributed by atoms with Crippen molar-refractivity contribution >= 4 is 32.3 Å². The Hall–Kier alpha value is -4.68. The quantitative estimate of drug-likeness (QED) is 0.116. The molecule has 0 spiro atoms. The number of rotatable bonds is 17. The number of carbonyl (C=O) groups excluding carboxylic acids is 4. The molecule has 1 fully saturated rings. The first kappa shape index (κ1) is 48.0. The maximum absolute atomic E-state index is 14.8. The van der Waals surface area contributed by atoms with E-state index < -0.39 is 50.2 Å². The van der Waals surface area contributed by atoms with Crippen LogP contribution in [0.3, 0.4) is 0 Å². The minimum atomic E-state index is -2.49. The van der Waals surface area contributed by atoms with Gasteiger partial charge in [0.2, 0.25) is 11.8 Å². The highest BCUT2D eigenvalue weighted by Crippen LogP contribution is 2.39. The molecule has 0 radical (unpaired) electrons. The summed E-state index contributed by atoms with van der Waals surface area (Å²) in [6, 6.07) is 27.9. The van der Waals surface area contributed by atoms with E-state index in [0.29, 0.717) is 38.8 Å². The van der Waals surface area contributed by atoms with Crippen molar-refractivity contribution in [3.05, 3.63) is 108 Å². The zero-order chi connectivity index (χ0) is 44.1. The fraction of sp³-hybridized carbons (Fsp3) is 0.542. The van der Waals surface area contributed by atoms with Crippen LogP contribution in [0.5, 0.6) is 0 Å². The van der Waals surface area contributed by atoms with Gasteiger partial charge in [-0.25, -0.2) is 9.59 Å². The monoisotopic (exact) mass is 843 g/mol. The summed E-state index contributed by atoms with van der Waals surface area (Å²) in [6.45, 7) is 21.3. The number of nitrogens with zero attached hydrogens (tertiary/aromatic N) is 1. The van der Waals surface area contributed by atoms with E-state index in [0.717, 1.165) is 16.7 Å². The highest BCUT2D eigenvalue weighted by molar-refractivity contribution is 6.74. The molecule has 4 amide bonds. The molecular weight excluding hydrogens is 773 g/mol. The number of ether oxygens (including phenoxy) is 2. The summed E-state index contributed by atoms with van der Waals surface area (Å²) in [7, 11) is -2.49. The van der Waals surface area contributed by atoms with Gasteiger partial charge >= 0.3 is 12.2 Å². The smallest absolute Gasteiger partial charge is 0.407 e. The lowest BCUT2D eigenvalue weighted by atomic mass is 9.88. The molecule has 11 nitrogen and oxygen atoms in total. The normalized spacial score (nSPS) is 15.9. The Balaban J connectivity index is 1.57. The fourth-order valence-electron chi connectivity index (χ4n) is 7.07. The van der Waals surface area contributed by atoms with Crippen molar-refractivity contribution in [1.29, 1.82) is 0 Å². The fourth-order valence-corrected chi connectivity index (χ4v) is 8.44. The summed E-state index contributed by atoms with van der Waals surface area (Å²) >= 11 is 0. The predicted molar refractivity (Wildman–Crippen MR) is 240 cm³/mol. The Kier molecular flexibility index (Phi) is 17.4. The van der Waals surface area contributed by atoms with Gasteiger partial charge in [0.25, 0.3) is 0 Å². The molecule has 1 aliphatic rings. The summed E-state index contributed by atoms with van der Waals surface area (Å²) in [6.07, 6.45) is 0.692. The van der Waals surface area contributed by atoms with E-state index in [4.69, 9.17) is 13.9 Å². The van der Waals surface area contributed by atoms with Crippen LogP contribution in [0.15, 0.2) is 91.0 Å². The van der Waals surface area contributed by atoms with Crippen LogP contribution in [0.25, 0.3) is 0 Å². The van der Waals surface area contributed by atoms with Gasteiger partial charge in [0, 0.05) is 25.0 Å². The summed E-state index contributed by atoms with van der Waals surface area (Å²) in [5.41, 5.74) is 2.18. The lowest BCUT2D eigenvalue weighted by Gasteiger charge is -2.42. The van der Waals surface area contributed by atoms with E-state index in [2.05, 4.69) is 49.8 Å². The van der Waals surface area contributed by atoms with Gasteiger partial charge in [0.05, 0.1) is 12.1 Å². The molecule has 1 aliphatic heterocycles. The number of piperidine rings is 1. The van der Waals surface area contributed by atoms with Crippen molar-refractivity contribution in [2.24, 2.45) is 11.8 Å². The first-order valence-corrected chi connectivity index (χ1v) is 24.4. The zero-order valence-corrected chi connectivity index (χ0v) is 38.6. The molecule has 3 aromatic carbocycles. The molecule has 3 N–H and O–H groups in total. The number of benzene rings is 3. The van der Waals surface area contributed by atoms with Crippen LogP contribution in [0, 0.1) is 11.8 Å². The van der Waals surface area contributed by atoms with E-state index >= 15 is 0 Å². The van der Waals surface area contributed by atoms with Crippen molar-refractivity contribution < 1.29 is 33.1 Å². The van der Waals surface area contributed by atoms with Crippen LogP contribution >= 0.6 is 0 Å². The Morgan fingerprint density at radius 1 is 0.733 bits per heavy atom. The molecule has 4 rings (SSSR count). The van der Waals surface area contributed by atoms with Gasteiger partial charge < -0.3 is 34.8 Å². The van der Waals surface area contributed by atoms with Gasteiger partial charge in [0.15, 0.2) is 8.32 Å². The number of hydrogen-bond acceptors (Lipinski definition) is 7. The molecule has 328 valence electrons. The molecular formula is C48H70N4O7Si. The third kappa shape index (κ3) is 15.4. The molecule has 1 saturated heterocycles. The van der Waals surface area contributed by atoms with Gasteiger partial charge in [-0.05, 0) is 93.6 Å². The second-order valence-electron chi connectivity index (χ2n) is 19.0. The first-order valence-electron chi connectivity index (χ1n) is 21.5. The molecule has 3 aromatic rings. The molecule has 0 aliphatic carbocycles. The van der Waals surface area contributed by atoms with Crippen LogP contribution in [-0.2, 0) is 42.9 Å². The third-order valence-corrected chi connectivity index (χ3v) is 16.0. The van der Waals surface area contributed by atoms with Crippen molar-refractivity contribution in [3.63, 3.8) is 0 Å². The number of alkyl carbamates (subject to hydrolysis) is 2. The molecule has 0 aromatic heterocycles. The number of hydrogen-bond donors (Lipinski definition) is 3. The Morgan fingerprint density at radius 2 is 1.25 bits per heavy atom. The second-order valence-corrected chi connectivity index (χ2v) is 23.8. The van der Waals surface area contributed by atoms with Crippen LogP contribution in [0.2, 0.25) is 18.1 Å².